The summed E-state index contributed by atoms with van der Waals surface area (Å²) >= 11 is 5.82. The van der Waals surface area contributed by atoms with Crippen LogP contribution in [0, 0.1) is 11.6 Å². The van der Waals surface area contributed by atoms with Crippen LogP contribution in [-0.4, -0.2) is 11.9 Å². The summed E-state index contributed by atoms with van der Waals surface area (Å²) < 4.78 is 84.4. The predicted octanol–water partition coefficient (Wildman–Crippen LogP) is 6.67. The molecule has 0 aliphatic carbocycles. The van der Waals surface area contributed by atoms with Crippen molar-refractivity contribution in [1.29, 1.82) is 0 Å². The van der Waals surface area contributed by atoms with Gasteiger partial charge in [0.25, 0.3) is 5.91 Å². The third kappa shape index (κ3) is 5.20. The van der Waals surface area contributed by atoms with Crippen LogP contribution in [-0.2, 0) is 6.18 Å². The van der Waals surface area contributed by atoms with Crippen LogP contribution in [0.4, 0.5) is 36.9 Å². The molecule has 3 rings (SSSR count). The summed E-state index contributed by atoms with van der Waals surface area (Å²) in [6.07, 6.45) is -4.60. The maximum absolute atomic E-state index is 14.0. The van der Waals surface area contributed by atoms with E-state index in [1.807, 2.05) is 0 Å². The molecule has 1 N–H and O–H groups in total. The van der Waals surface area contributed by atoms with Crippen molar-refractivity contribution in [2.45, 2.75) is 6.18 Å². The van der Waals surface area contributed by atoms with Crippen molar-refractivity contribution >= 4 is 29.2 Å². The van der Waals surface area contributed by atoms with Crippen molar-refractivity contribution in [3.05, 3.63) is 88.4 Å². The van der Waals surface area contributed by atoms with Crippen molar-refractivity contribution in [3.8, 4) is 11.5 Å². The van der Waals surface area contributed by atoms with Crippen molar-refractivity contribution < 1.29 is 40.8 Å². The average Bonchev–Trinajstić information content (AvgIpc) is 2.75. The molecule has 0 unspecified atom stereocenters. The monoisotopic (exact) mass is 488 g/mol. The number of urea groups is 1. The number of nitrogens with zero attached hydrogens (tertiary/aromatic N) is 1. The van der Waals surface area contributed by atoms with Crippen LogP contribution in [0.2, 0.25) is 5.02 Å². The molecule has 5 nitrogen and oxygen atoms in total. The summed E-state index contributed by atoms with van der Waals surface area (Å²) in [5, 5.41) is -0.336. The molecule has 0 aliphatic heterocycles. The highest BCUT2D eigenvalue weighted by Crippen LogP contribution is 2.36. The Hall–Kier alpha value is -3.73. The van der Waals surface area contributed by atoms with Gasteiger partial charge in [-0.1, -0.05) is 22.1 Å². The Morgan fingerprint density at radius 1 is 0.939 bits per heavy atom. The van der Waals surface area contributed by atoms with Crippen LogP contribution in [0.1, 0.15) is 15.9 Å². The fourth-order valence-corrected chi connectivity index (χ4v) is 2.95. The Morgan fingerprint density at radius 3 is 2.06 bits per heavy atom. The maximum atomic E-state index is 14.0. The van der Waals surface area contributed by atoms with Crippen LogP contribution >= 0.6 is 11.6 Å². The van der Waals surface area contributed by atoms with Gasteiger partial charge < -0.3 is 4.74 Å². The normalized spacial score (nSPS) is 11.1. The van der Waals surface area contributed by atoms with Gasteiger partial charge in [-0.2, -0.15) is 18.7 Å². The molecule has 0 aromatic heterocycles. The zero-order valence-corrected chi connectivity index (χ0v) is 16.8. The summed E-state index contributed by atoms with van der Waals surface area (Å²) in [6, 6.07) is 7.87. The van der Waals surface area contributed by atoms with Gasteiger partial charge in [-0.05, 0) is 54.6 Å². The number of nitrogens with one attached hydrogen (secondary N) is 1. The standard InChI is InChI=1S/C21H11ClF6N2O3/c22-14-10-11(21(25,26)27)4-9-17(14)33-13-7-5-12(6-8-13)30(20(32)29-28)19(31)18-15(23)2-1-3-16(18)24/h1-10H,(H,29,32). The average molecular weight is 489 g/mol. The second-order valence-corrected chi connectivity index (χ2v) is 6.78. The van der Waals surface area contributed by atoms with Gasteiger partial charge in [0.05, 0.1) is 16.3 Å². The number of carbonyl (C=O) groups is 2. The molecule has 3 aromatic rings. The van der Waals surface area contributed by atoms with Gasteiger partial charge >= 0.3 is 12.2 Å². The first-order valence-corrected chi connectivity index (χ1v) is 9.24. The molecule has 0 bridgehead atoms. The van der Waals surface area contributed by atoms with E-state index in [0.717, 1.165) is 42.5 Å². The first kappa shape index (κ1) is 23.9. The van der Waals surface area contributed by atoms with Crippen LogP contribution in [0.25, 0.3) is 0 Å². The van der Waals surface area contributed by atoms with Gasteiger partial charge in [0, 0.05) is 0 Å². The number of hydrogen-bond acceptors (Lipinski definition) is 3. The summed E-state index contributed by atoms with van der Waals surface area (Å²) in [5.74, 6) is -4.13. The Bertz CT molecular complexity index is 1180. The van der Waals surface area contributed by atoms with E-state index in [4.69, 9.17) is 16.3 Å². The summed E-state index contributed by atoms with van der Waals surface area (Å²) in [5.41, 5.74) is -1.64. The fourth-order valence-electron chi connectivity index (χ4n) is 2.73. The van der Waals surface area contributed by atoms with E-state index in [0.29, 0.717) is 11.6 Å². The highest BCUT2D eigenvalue weighted by Gasteiger charge is 2.31. The number of anilines is 1. The molecule has 0 atom stereocenters. The number of hydrogen-bond donors (Lipinski definition) is 1. The van der Waals surface area contributed by atoms with Crippen LogP contribution < -0.4 is 15.2 Å². The van der Waals surface area contributed by atoms with Gasteiger partial charge in [-0.25, -0.2) is 18.5 Å². The van der Waals surface area contributed by atoms with E-state index >= 15 is 0 Å². The zero-order chi connectivity index (χ0) is 24.3. The molecule has 0 spiro atoms. The third-order valence-electron chi connectivity index (χ3n) is 4.25. The number of amides is 3. The molecular formula is C21H11ClF6N2O3. The number of rotatable bonds is 4. The second-order valence-electron chi connectivity index (χ2n) is 6.38. The number of imide groups is 1. The molecule has 172 valence electrons. The van der Waals surface area contributed by atoms with E-state index in [-0.39, 0.29) is 27.1 Å². The number of alkyl halides is 3. The lowest BCUT2D eigenvalue weighted by molar-refractivity contribution is -0.137. The minimum absolute atomic E-state index is 0.0190. The topological polar surface area (TPSA) is 58.6 Å². The van der Waals surface area contributed by atoms with Crippen molar-refractivity contribution in [1.82, 2.24) is 5.54 Å². The van der Waals surface area contributed by atoms with Gasteiger partial charge in [-0.15, -0.1) is 0 Å². The zero-order valence-electron chi connectivity index (χ0n) is 16.1. The number of benzene rings is 3. The molecule has 12 heteroatoms. The van der Waals surface area contributed by atoms with Gasteiger partial charge in [0.1, 0.15) is 28.7 Å². The molecule has 0 heterocycles. The lowest BCUT2D eigenvalue weighted by Crippen LogP contribution is -2.42. The van der Waals surface area contributed by atoms with Gasteiger partial charge in [0.2, 0.25) is 0 Å². The van der Waals surface area contributed by atoms with Crippen molar-refractivity contribution in [2.24, 2.45) is 0 Å². The van der Waals surface area contributed by atoms with E-state index in [1.165, 1.54) is 12.1 Å². The molecule has 0 saturated heterocycles. The third-order valence-corrected chi connectivity index (χ3v) is 4.54. The van der Waals surface area contributed by atoms with E-state index in [1.54, 1.807) is 0 Å². The Morgan fingerprint density at radius 2 is 1.55 bits per heavy atom. The highest BCUT2D eigenvalue weighted by atomic mass is 35.5. The Kier molecular flexibility index (Phi) is 6.82. The molecule has 0 aliphatic rings. The summed E-state index contributed by atoms with van der Waals surface area (Å²) in [4.78, 5) is 24.7. The van der Waals surface area contributed by atoms with Crippen LogP contribution in [0.5, 0.6) is 11.5 Å². The predicted molar refractivity (Wildman–Crippen MR) is 106 cm³/mol. The lowest BCUT2D eigenvalue weighted by atomic mass is 10.1. The first-order valence-electron chi connectivity index (χ1n) is 8.86. The van der Waals surface area contributed by atoms with Crippen LogP contribution in [0.15, 0.2) is 60.7 Å². The Labute approximate surface area is 187 Å². The lowest BCUT2D eigenvalue weighted by Gasteiger charge is -2.20. The molecule has 0 saturated carbocycles. The molecule has 3 aromatic carbocycles. The van der Waals surface area contributed by atoms with Crippen LogP contribution in [0.3, 0.4) is 0 Å². The molecule has 3 amide bonds. The summed E-state index contributed by atoms with van der Waals surface area (Å²) in [6.45, 7) is 0. The highest BCUT2D eigenvalue weighted by molar-refractivity contribution is 6.32. The van der Waals surface area contributed by atoms with Crippen molar-refractivity contribution in [2.75, 3.05) is 4.90 Å². The number of halogens is 7. The van der Waals surface area contributed by atoms with E-state index < -0.39 is 40.9 Å². The fraction of sp³-hybridized carbons (Fsp3) is 0.0476. The largest absolute Gasteiger partial charge is 0.456 e. The molecular weight excluding hydrogens is 478 g/mol. The number of ether oxygens (including phenoxy) is 1. The van der Waals surface area contributed by atoms with Crippen molar-refractivity contribution in [3.63, 3.8) is 0 Å². The molecule has 0 radical (unpaired) electrons. The van der Waals surface area contributed by atoms with E-state index in [9.17, 15) is 36.0 Å². The summed E-state index contributed by atoms with van der Waals surface area (Å²) in [7, 11) is 0. The van der Waals surface area contributed by atoms with Gasteiger partial charge in [0.15, 0.2) is 0 Å². The molecule has 0 fully saturated rings. The first-order chi connectivity index (χ1) is 15.5. The number of carbonyl (C=O) groups excluding carboxylic acids is 2. The Balaban J connectivity index is 1.89. The minimum Gasteiger partial charge on any atom is -0.456 e. The SMILES string of the molecule is O=C(NF)N(C(=O)c1c(F)cccc1F)c1ccc(Oc2ccc(C(F)(F)F)cc2Cl)cc1. The quantitative estimate of drug-likeness (QED) is 0.329. The van der Waals surface area contributed by atoms with E-state index in [2.05, 4.69) is 0 Å². The second kappa shape index (κ2) is 9.41. The minimum atomic E-state index is -4.60. The molecule has 33 heavy (non-hydrogen) atoms. The smallest absolute Gasteiger partial charge is 0.416 e. The maximum Gasteiger partial charge on any atom is 0.416 e. The van der Waals surface area contributed by atoms with Gasteiger partial charge in [-0.3, -0.25) is 4.79 Å².